The minimum atomic E-state index is -0.0727. The third-order valence-electron chi connectivity index (χ3n) is 4.81. The predicted octanol–water partition coefficient (Wildman–Crippen LogP) is 4.54. The number of ether oxygens (including phenoxy) is 1. The standard InChI is InChI=1S/C23H23N5O3/c1-15-20(16(2)31-27-15)10-11-22(29)26-18-6-8-19(9-7-18)30-23-14-21(24-17(3)25-23)28-12-4-5-13-28/h4-9,12-14H,10-11H2,1-3H3,(H,26,29). The van der Waals surface area contributed by atoms with E-state index in [0.717, 1.165) is 22.8 Å². The molecular weight excluding hydrogens is 394 g/mol. The van der Waals surface area contributed by atoms with E-state index in [0.29, 0.717) is 36.0 Å². The number of anilines is 1. The Bertz CT molecular complexity index is 1160. The second-order valence-electron chi connectivity index (χ2n) is 7.18. The average molecular weight is 417 g/mol. The first-order valence-electron chi connectivity index (χ1n) is 9.96. The summed E-state index contributed by atoms with van der Waals surface area (Å²) in [5, 5.41) is 6.81. The second kappa shape index (κ2) is 8.83. The van der Waals surface area contributed by atoms with Crippen molar-refractivity contribution in [2.24, 2.45) is 0 Å². The third kappa shape index (κ3) is 4.98. The molecule has 8 heteroatoms. The molecule has 1 N–H and O–H groups in total. The molecule has 3 heterocycles. The maximum absolute atomic E-state index is 12.3. The van der Waals surface area contributed by atoms with Gasteiger partial charge >= 0.3 is 0 Å². The Morgan fingerprint density at radius 2 is 1.84 bits per heavy atom. The Morgan fingerprint density at radius 3 is 2.52 bits per heavy atom. The fourth-order valence-corrected chi connectivity index (χ4v) is 3.24. The van der Waals surface area contributed by atoms with E-state index in [4.69, 9.17) is 9.26 Å². The number of amides is 1. The number of hydrogen-bond donors (Lipinski definition) is 1. The van der Waals surface area contributed by atoms with Crippen LogP contribution in [0, 0.1) is 20.8 Å². The highest BCUT2D eigenvalue weighted by atomic mass is 16.5. The summed E-state index contributed by atoms with van der Waals surface area (Å²) in [4.78, 5) is 21.1. The second-order valence-corrected chi connectivity index (χ2v) is 7.18. The Labute approximate surface area is 179 Å². The summed E-state index contributed by atoms with van der Waals surface area (Å²) in [6.07, 6.45) is 4.76. The summed E-state index contributed by atoms with van der Waals surface area (Å²) in [6.45, 7) is 5.55. The summed E-state index contributed by atoms with van der Waals surface area (Å²) in [6, 6.07) is 12.8. The lowest BCUT2D eigenvalue weighted by Gasteiger charge is -2.10. The molecule has 158 valence electrons. The number of carbonyl (C=O) groups excluding carboxylic acids is 1. The van der Waals surface area contributed by atoms with Crippen LogP contribution in [-0.2, 0) is 11.2 Å². The summed E-state index contributed by atoms with van der Waals surface area (Å²) in [7, 11) is 0. The molecule has 0 bridgehead atoms. The van der Waals surface area contributed by atoms with Gasteiger partial charge in [0.1, 0.15) is 23.2 Å². The quantitative estimate of drug-likeness (QED) is 0.474. The third-order valence-corrected chi connectivity index (χ3v) is 4.81. The molecule has 31 heavy (non-hydrogen) atoms. The highest BCUT2D eigenvalue weighted by Crippen LogP contribution is 2.23. The summed E-state index contributed by atoms with van der Waals surface area (Å²) < 4.78 is 12.9. The number of rotatable bonds is 7. The Balaban J connectivity index is 1.37. The number of benzene rings is 1. The van der Waals surface area contributed by atoms with Gasteiger partial charge < -0.3 is 19.1 Å². The van der Waals surface area contributed by atoms with E-state index in [-0.39, 0.29) is 5.91 Å². The monoisotopic (exact) mass is 417 g/mol. The molecule has 0 unspecified atom stereocenters. The molecule has 0 spiro atoms. The lowest BCUT2D eigenvalue weighted by atomic mass is 10.1. The van der Waals surface area contributed by atoms with Crippen LogP contribution in [0.25, 0.3) is 5.82 Å². The van der Waals surface area contributed by atoms with Crippen molar-refractivity contribution in [3.63, 3.8) is 0 Å². The number of aromatic nitrogens is 4. The van der Waals surface area contributed by atoms with Gasteiger partial charge in [-0.2, -0.15) is 4.98 Å². The van der Waals surface area contributed by atoms with Gasteiger partial charge in [-0.1, -0.05) is 5.16 Å². The van der Waals surface area contributed by atoms with E-state index in [1.807, 2.05) is 49.9 Å². The molecule has 0 aliphatic rings. The molecule has 8 nitrogen and oxygen atoms in total. The zero-order valence-electron chi connectivity index (χ0n) is 17.6. The maximum Gasteiger partial charge on any atom is 0.224 e. The van der Waals surface area contributed by atoms with Crippen LogP contribution >= 0.6 is 0 Å². The number of nitrogens with one attached hydrogen (secondary N) is 1. The first-order valence-corrected chi connectivity index (χ1v) is 9.96. The van der Waals surface area contributed by atoms with Gasteiger partial charge in [-0.25, -0.2) is 4.98 Å². The molecule has 4 rings (SSSR count). The fourth-order valence-electron chi connectivity index (χ4n) is 3.24. The van der Waals surface area contributed by atoms with Crippen molar-refractivity contribution < 1.29 is 14.1 Å². The normalized spacial score (nSPS) is 10.8. The van der Waals surface area contributed by atoms with Crippen LogP contribution < -0.4 is 10.1 Å². The number of hydrogen-bond acceptors (Lipinski definition) is 6. The zero-order chi connectivity index (χ0) is 21.8. The van der Waals surface area contributed by atoms with Crippen LogP contribution in [0.15, 0.2) is 59.4 Å². The molecule has 0 radical (unpaired) electrons. The van der Waals surface area contributed by atoms with Gasteiger partial charge in [-0.15, -0.1) is 0 Å². The van der Waals surface area contributed by atoms with Crippen molar-refractivity contribution in [2.75, 3.05) is 5.32 Å². The zero-order valence-corrected chi connectivity index (χ0v) is 17.6. The van der Waals surface area contributed by atoms with Crippen molar-refractivity contribution in [1.29, 1.82) is 0 Å². The molecule has 1 aromatic carbocycles. The van der Waals surface area contributed by atoms with Crippen LogP contribution in [0.2, 0.25) is 0 Å². The molecule has 0 fully saturated rings. The molecule has 0 atom stereocenters. The first kappa shape index (κ1) is 20.3. The Kier molecular flexibility index (Phi) is 5.79. The van der Waals surface area contributed by atoms with Gasteiger partial charge in [-0.3, -0.25) is 4.79 Å². The minimum Gasteiger partial charge on any atom is -0.439 e. The van der Waals surface area contributed by atoms with Gasteiger partial charge in [0.25, 0.3) is 0 Å². The SMILES string of the molecule is Cc1nc(Oc2ccc(NC(=O)CCc3c(C)noc3C)cc2)cc(-n2cccc2)n1. The molecule has 0 saturated heterocycles. The molecular formula is C23H23N5O3. The van der Waals surface area contributed by atoms with Gasteiger partial charge in [0.05, 0.1) is 5.69 Å². The van der Waals surface area contributed by atoms with Gasteiger partial charge in [-0.05, 0) is 63.6 Å². The fraction of sp³-hybridized carbons (Fsp3) is 0.217. The summed E-state index contributed by atoms with van der Waals surface area (Å²) in [5.74, 6) is 3.10. The lowest BCUT2D eigenvalue weighted by molar-refractivity contribution is -0.116. The van der Waals surface area contributed by atoms with Gasteiger partial charge in [0, 0.05) is 36.1 Å². The van der Waals surface area contributed by atoms with Crippen LogP contribution in [0.1, 0.15) is 29.3 Å². The van der Waals surface area contributed by atoms with Crippen molar-refractivity contribution in [3.05, 3.63) is 77.7 Å². The average Bonchev–Trinajstić information content (AvgIpc) is 3.38. The van der Waals surface area contributed by atoms with E-state index >= 15 is 0 Å². The molecule has 3 aromatic heterocycles. The molecule has 1 amide bonds. The van der Waals surface area contributed by atoms with E-state index in [1.54, 1.807) is 30.3 Å². The number of carbonyl (C=O) groups is 1. The van der Waals surface area contributed by atoms with Gasteiger partial charge in [0.15, 0.2) is 0 Å². The van der Waals surface area contributed by atoms with Crippen LogP contribution in [0.4, 0.5) is 5.69 Å². The molecule has 4 aromatic rings. The Hall–Kier alpha value is -3.94. The lowest BCUT2D eigenvalue weighted by Crippen LogP contribution is -2.12. The highest BCUT2D eigenvalue weighted by Gasteiger charge is 2.12. The maximum atomic E-state index is 12.3. The van der Waals surface area contributed by atoms with Gasteiger partial charge in [0.2, 0.25) is 11.8 Å². The molecule has 0 saturated carbocycles. The van der Waals surface area contributed by atoms with E-state index in [2.05, 4.69) is 20.4 Å². The predicted molar refractivity (Wildman–Crippen MR) is 116 cm³/mol. The largest absolute Gasteiger partial charge is 0.439 e. The van der Waals surface area contributed by atoms with Crippen molar-refractivity contribution >= 4 is 11.6 Å². The van der Waals surface area contributed by atoms with Crippen molar-refractivity contribution in [1.82, 2.24) is 19.7 Å². The van der Waals surface area contributed by atoms with Crippen molar-refractivity contribution in [2.45, 2.75) is 33.6 Å². The first-order chi connectivity index (χ1) is 15.0. The molecule has 0 aliphatic heterocycles. The number of aryl methyl sites for hydroxylation is 3. The molecule has 0 aliphatic carbocycles. The highest BCUT2D eigenvalue weighted by molar-refractivity contribution is 5.90. The van der Waals surface area contributed by atoms with Crippen LogP contribution in [-0.4, -0.2) is 25.6 Å². The Morgan fingerprint density at radius 1 is 1.10 bits per heavy atom. The summed E-state index contributed by atoms with van der Waals surface area (Å²) in [5.41, 5.74) is 2.51. The summed E-state index contributed by atoms with van der Waals surface area (Å²) >= 11 is 0. The topological polar surface area (TPSA) is 95.1 Å². The minimum absolute atomic E-state index is 0.0727. The number of nitrogens with zero attached hydrogens (tertiary/aromatic N) is 4. The van der Waals surface area contributed by atoms with Crippen LogP contribution in [0.3, 0.4) is 0 Å². The van der Waals surface area contributed by atoms with E-state index < -0.39 is 0 Å². The smallest absolute Gasteiger partial charge is 0.224 e. The van der Waals surface area contributed by atoms with E-state index in [1.165, 1.54) is 0 Å². The van der Waals surface area contributed by atoms with Crippen LogP contribution in [0.5, 0.6) is 11.6 Å². The van der Waals surface area contributed by atoms with E-state index in [9.17, 15) is 4.79 Å². The van der Waals surface area contributed by atoms with Crippen molar-refractivity contribution in [3.8, 4) is 17.4 Å².